The summed E-state index contributed by atoms with van der Waals surface area (Å²) < 4.78 is 0. The van der Waals surface area contributed by atoms with E-state index in [4.69, 9.17) is 0 Å². The highest BCUT2D eigenvalue weighted by Gasteiger charge is 2.27. The first kappa shape index (κ1) is 17.2. The van der Waals surface area contributed by atoms with Gasteiger partial charge < -0.3 is 15.0 Å². The van der Waals surface area contributed by atoms with E-state index in [0.29, 0.717) is 43.3 Å². The molecule has 7 nitrogen and oxygen atoms in total. The molecule has 1 amide bonds. The summed E-state index contributed by atoms with van der Waals surface area (Å²) in [6.07, 6.45) is 0. The second-order valence-electron chi connectivity index (χ2n) is 6.29. The average molecular weight is 342 g/mol. The van der Waals surface area contributed by atoms with Gasteiger partial charge in [-0.2, -0.15) is 0 Å². The number of H-pyrrole nitrogens is 1. The standard InChI is InChI=1S/C18H22N4O3/c1-12-11-16(24)20-17(19-12)13(2)21-7-9-22(10-8-21)18(25)14-5-3-4-6-15(14)23/h3-6,11,13,23H,7-10H2,1-2H3,(H,19,20,24)/t13-/m0/s1. The molecule has 0 spiro atoms. The number of carbonyl (C=O) groups is 1. The van der Waals surface area contributed by atoms with Crippen molar-refractivity contribution in [3.05, 3.63) is 57.8 Å². The van der Waals surface area contributed by atoms with E-state index in [9.17, 15) is 14.7 Å². The summed E-state index contributed by atoms with van der Waals surface area (Å²) in [7, 11) is 0. The number of phenolic OH excluding ortho intramolecular Hbond substituents is 1. The zero-order valence-electron chi connectivity index (χ0n) is 14.4. The average Bonchev–Trinajstić information content (AvgIpc) is 2.60. The zero-order valence-corrected chi connectivity index (χ0v) is 14.4. The Hall–Kier alpha value is -2.67. The highest BCUT2D eigenvalue weighted by atomic mass is 16.3. The lowest BCUT2D eigenvalue weighted by molar-refractivity contribution is 0.0572. The van der Waals surface area contributed by atoms with Crippen LogP contribution in [0.5, 0.6) is 5.75 Å². The fraction of sp³-hybridized carbons (Fsp3) is 0.389. The fourth-order valence-electron chi connectivity index (χ4n) is 3.11. The number of aromatic nitrogens is 2. The van der Waals surface area contributed by atoms with Gasteiger partial charge in [0.25, 0.3) is 11.5 Å². The normalized spacial score (nSPS) is 16.6. The summed E-state index contributed by atoms with van der Waals surface area (Å²) in [4.78, 5) is 35.3. The molecule has 0 bridgehead atoms. The maximum Gasteiger partial charge on any atom is 0.257 e. The molecule has 1 aromatic carbocycles. The third-order valence-electron chi connectivity index (χ3n) is 4.57. The lowest BCUT2D eigenvalue weighted by atomic mass is 10.1. The third-order valence-corrected chi connectivity index (χ3v) is 4.57. The van der Waals surface area contributed by atoms with E-state index in [1.807, 2.05) is 6.92 Å². The summed E-state index contributed by atoms with van der Waals surface area (Å²) >= 11 is 0. The van der Waals surface area contributed by atoms with Crippen LogP contribution in [0.1, 0.15) is 34.8 Å². The van der Waals surface area contributed by atoms with Crippen molar-refractivity contribution in [1.82, 2.24) is 19.8 Å². The van der Waals surface area contributed by atoms with Gasteiger partial charge in [0.1, 0.15) is 11.6 Å². The van der Waals surface area contributed by atoms with Gasteiger partial charge in [0.05, 0.1) is 11.6 Å². The van der Waals surface area contributed by atoms with E-state index in [1.54, 1.807) is 30.0 Å². The number of para-hydroxylation sites is 1. The molecule has 0 unspecified atom stereocenters. The van der Waals surface area contributed by atoms with E-state index in [-0.39, 0.29) is 23.3 Å². The van der Waals surface area contributed by atoms with E-state index in [1.165, 1.54) is 12.1 Å². The number of hydrogen-bond donors (Lipinski definition) is 2. The van der Waals surface area contributed by atoms with Crippen molar-refractivity contribution in [1.29, 1.82) is 0 Å². The number of aromatic amines is 1. The molecule has 1 aromatic heterocycles. The molecular weight excluding hydrogens is 320 g/mol. The molecule has 25 heavy (non-hydrogen) atoms. The second-order valence-corrected chi connectivity index (χ2v) is 6.29. The van der Waals surface area contributed by atoms with Gasteiger partial charge in [0, 0.05) is 37.9 Å². The lowest BCUT2D eigenvalue weighted by Gasteiger charge is -2.37. The maximum atomic E-state index is 12.5. The Labute approximate surface area is 145 Å². The Balaban J connectivity index is 1.66. The largest absolute Gasteiger partial charge is 0.507 e. The van der Waals surface area contributed by atoms with Gasteiger partial charge in [0.2, 0.25) is 0 Å². The molecule has 1 atom stereocenters. The number of hydrogen-bond acceptors (Lipinski definition) is 5. The van der Waals surface area contributed by atoms with Crippen LogP contribution < -0.4 is 5.56 Å². The van der Waals surface area contributed by atoms with Gasteiger partial charge in [-0.15, -0.1) is 0 Å². The Morgan fingerprint density at radius 1 is 1.24 bits per heavy atom. The molecule has 0 saturated carbocycles. The number of amides is 1. The molecule has 2 N–H and O–H groups in total. The van der Waals surface area contributed by atoms with Crippen LogP contribution in [0.3, 0.4) is 0 Å². The van der Waals surface area contributed by atoms with Crippen LogP contribution in [0.2, 0.25) is 0 Å². The highest BCUT2D eigenvalue weighted by molar-refractivity contribution is 5.96. The molecule has 2 heterocycles. The van der Waals surface area contributed by atoms with Crippen LogP contribution in [0, 0.1) is 6.92 Å². The first-order valence-corrected chi connectivity index (χ1v) is 8.35. The second kappa shape index (κ2) is 7.06. The number of nitrogens with zero attached hydrogens (tertiary/aromatic N) is 3. The Morgan fingerprint density at radius 3 is 2.56 bits per heavy atom. The quantitative estimate of drug-likeness (QED) is 0.878. The van der Waals surface area contributed by atoms with Crippen LogP contribution in [0.25, 0.3) is 0 Å². The third kappa shape index (κ3) is 3.71. The summed E-state index contributed by atoms with van der Waals surface area (Å²) in [6, 6.07) is 8.03. The van der Waals surface area contributed by atoms with Crippen LogP contribution in [-0.4, -0.2) is 57.0 Å². The number of nitrogens with one attached hydrogen (secondary N) is 1. The topological polar surface area (TPSA) is 89.5 Å². The molecule has 7 heteroatoms. The predicted molar refractivity (Wildman–Crippen MR) is 93.6 cm³/mol. The van der Waals surface area contributed by atoms with E-state index in [2.05, 4.69) is 14.9 Å². The molecule has 1 saturated heterocycles. The van der Waals surface area contributed by atoms with Crippen LogP contribution in [0.15, 0.2) is 35.1 Å². The SMILES string of the molecule is Cc1cc(=O)[nH]c([C@H](C)N2CCN(C(=O)c3ccccc3O)CC2)n1. The number of piperazine rings is 1. The van der Waals surface area contributed by atoms with Gasteiger partial charge >= 0.3 is 0 Å². The smallest absolute Gasteiger partial charge is 0.257 e. The van der Waals surface area contributed by atoms with E-state index >= 15 is 0 Å². The molecular formula is C18H22N4O3. The van der Waals surface area contributed by atoms with Crippen molar-refractivity contribution in [2.45, 2.75) is 19.9 Å². The van der Waals surface area contributed by atoms with E-state index < -0.39 is 0 Å². The van der Waals surface area contributed by atoms with Gasteiger partial charge in [-0.25, -0.2) is 4.98 Å². The number of benzene rings is 1. The Kier molecular flexibility index (Phi) is 4.85. The lowest BCUT2D eigenvalue weighted by Crippen LogP contribution is -2.49. The Morgan fingerprint density at radius 2 is 1.92 bits per heavy atom. The molecule has 1 fully saturated rings. The van der Waals surface area contributed by atoms with Gasteiger partial charge in [0.15, 0.2) is 0 Å². The maximum absolute atomic E-state index is 12.5. The number of carbonyl (C=O) groups excluding carboxylic acids is 1. The number of phenols is 1. The fourth-order valence-corrected chi connectivity index (χ4v) is 3.11. The highest BCUT2D eigenvalue weighted by Crippen LogP contribution is 2.21. The molecule has 132 valence electrons. The molecule has 1 aliphatic heterocycles. The van der Waals surface area contributed by atoms with Crippen LogP contribution in [-0.2, 0) is 0 Å². The molecule has 2 aromatic rings. The molecule has 1 aliphatic rings. The minimum absolute atomic E-state index is 0.00448. The Bertz CT molecular complexity index is 825. The van der Waals surface area contributed by atoms with Gasteiger partial charge in [-0.3, -0.25) is 14.5 Å². The molecule has 3 rings (SSSR count). The number of aromatic hydroxyl groups is 1. The number of rotatable bonds is 3. The summed E-state index contributed by atoms with van der Waals surface area (Å²) in [5, 5.41) is 9.85. The first-order chi connectivity index (χ1) is 12.0. The van der Waals surface area contributed by atoms with Gasteiger partial charge in [-0.1, -0.05) is 12.1 Å². The summed E-state index contributed by atoms with van der Waals surface area (Å²) in [5.74, 6) is 0.489. The van der Waals surface area contributed by atoms with Crippen molar-refractivity contribution in [2.75, 3.05) is 26.2 Å². The number of aryl methyl sites for hydroxylation is 1. The van der Waals surface area contributed by atoms with Crippen LogP contribution in [0.4, 0.5) is 0 Å². The monoisotopic (exact) mass is 342 g/mol. The summed E-state index contributed by atoms with van der Waals surface area (Å²) in [5.41, 5.74) is 0.871. The molecule has 0 radical (unpaired) electrons. The minimum Gasteiger partial charge on any atom is -0.507 e. The molecule has 0 aliphatic carbocycles. The van der Waals surface area contributed by atoms with Crippen molar-refractivity contribution in [3.63, 3.8) is 0 Å². The van der Waals surface area contributed by atoms with Crippen molar-refractivity contribution >= 4 is 5.91 Å². The van der Waals surface area contributed by atoms with Crippen molar-refractivity contribution < 1.29 is 9.90 Å². The van der Waals surface area contributed by atoms with Crippen molar-refractivity contribution in [3.8, 4) is 5.75 Å². The van der Waals surface area contributed by atoms with Crippen molar-refractivity contribution in [2.24, 2.45) is 0 Å². The zero-order chi connectivity index (χ0) is 18.0. The van der Waals surface area contributed by atoms with Crippen LogP contribution >= 0.6 is 0 Å². The summed E-state index contributed by atoms with van der Waals surface area (Å²) in [6.45, 7) is 6.28. The van der Waals surface area contributed by atoms with E-state index in [0.717, 1.165) is 0 Å². The minimum atomic E-state index is -0.160. The van der Waals surface area contributed by atoms with Gasteiger partial charge in [-0.05, 0) is 26.0 Å². The first-order valence-electron chi connectivity index (χ1n) is 8.35. The predicted octanol–water partition coefficient (Wildman–Crippen LogP) is 1.30.